The number of aromatic nitrogens is 8. The molecule has 6 N–H and O–H groups in total. The average molecular weight is 1560 g/mol. The second kappa shape index (κ2) is 45.0. The molecule has 8 heterocycles. The SMILES string of the molecule is C#C[C@]1(CO)O[C@@H](n2cnc3c(N)nc(F)nc32)C[C@@H]1OC(=O)C1CC2(CCCCC2)C1.C#C[C@]1(COC(=O)OCc2oc(=O)oc2C)O[C@@H](n2cnc3c(N)nc(F)nc32)C[C@@H]1OC(=O)C1CC2(CCCCC2)C1.Cc1oc(=O)oc1CO.[K+].[K+].[K+].[K+].[K+].[K+].[K+].[K+].[PH4+].[PH4+]. The Hall–Kier alpha value is 5.70. The van der Waals surface area contributed by atoms with Crippen LogP contribution >= 0.6 is 19.8 Å². The van der Waals surface area contributed by atoms with Crippen molar-refractivity contribution >= 4 is 71.9 Å². The number of ether oxygens (including phenoxy) is 6. The monoisotopic (exact) mass is 1550 g/mol. The number of rotatable bonds is 12. The minimum atomic E-state index is -1.74. The Morgan fingerprint density at radius 1 is 0.617 bits per heavy atom. The van der Waals surface area contributed by atoms with E-state index in [1.54, 1.807) is 6.92 Å². The molecule has 12 rings (SSSR count). The van der Waals surface area contributed by atoms with Crippen LogP contribution in [0.3, 0.4) is 0 Å². The maximum absolute atomic E-state index is 14.0. The van der Waals surface area contributed by atoms with Crippen molar-refractivity contribution in [2.24, 2.45) is 22.7 Å². The molecule has 6 aromatic rings. The van der Waals surface area contributed by atoms with Gasteiger partial charge in [0.25, 0.3) is 0 Å². The molecule has 27 nitrogen and oxygen atoms in total. The zero-order valence-electron chi connectivity index (χ0n) is 55.9. The van der Waals surface area contributed by atoms with Gasteiger partial charge in [0.15, 0.2) is 63.5 Å². The van der Waals surface area contributed by atoms with Gasteiger partial charge in [-0.2, -0.15) is 28.7 Å². The van der Waals surface area contributed by atoms with Crippen LogP contribution < -0.4 is 434 Å². The minimum Gasteiger partial charge on any atom is -0.458 e. The summed E-state index contributed by atoms with van der Waals surface area (Å²) in [6.07, 6.45) is 22.7. The number of esters is 2. The van der Waals surface area contributed by atoms with E-state index in [4.69, 9.17) is 66.7 Å². The fraction of sp³-hybridized carbons (Fsp3) is 0.582. The first-order valence-electron chi connectivity index (χ1n) is 27.5. The first kappa shape index (κ1) is 99.7. The molecular weight excluding hydrogens is 1490 g/mol. The average Bonchev–Trinajstić information content (AvgIpc) is 1.50. The molecule has 464 valence electrons. The maximum atomic E-state index is 14.0. The van der Waals surface area contributed by atoms with Gasteiger partial charge >= 0.3 is 453 Å². The minimum absolute atomic E-state index is 0. The number of nitrogens with zero attached hydrogens (tertiary/aromatic N) is 8. The molecule has 0 radical (unpaired) electrons. The molecule has 4 saturated carbocycles. The van der Waals surface area contributed by atoms with Gasteiger partial charge in [0.05, 0.1) is 31.1 Å². The van der Waals surface area contributed by atoms with E-state index in [-0.39, 0.29) is 530 Å². The number of nitrogens with two attached hydrogens (primary N) is 2. The normalized spacial score (nSPS) is 23.0. The Bertz CT molecular complexity index is 3680. The third-order valence-electron chi connectivity index (χ3n) is 17.0. The topological polar surface area (TPSA) is 373 Å². The molecule has 6 aromatic heterocycles. The van der Waals surface area contributed by atoms with E-state index in [1.807, 2.05) is 0 Å². The van der Waals surface area contributed by atoms with E-state index >= 15 is 0 Å². The third kappa shape index (κ3) is 23.9. The Labute approximate surface area is 886 Å². The first-order chi connectivity index (χ1) is 40.2. The number of carbonyl (C=O) groups is 3. The van der Waals surface area contributed by atoms with Gasteiger partial charge in [-0.3, -0.25) is 18.7 Å². The summed E-state index contributed by atoms with van der Waals surface area (Å²) >= 11 is 0. The van der Waals surface area contributed by atoms with Crippen molar-refractivity contribution in [3.05, 3.63) is 69.1 Å². The number of fused-ring (bicyclic) bond motifs is 2. The van der Waals surface area contributed by atoms with Gasteiger partial charge < -0.3 is 67.8 Å². The summed E-state index contributed by atoms with van der Waals surface area (Å²) in [5.41, 5.74) is 9.31. The maximum Gasteiger partial charge on any atom is 1.00 e. The Morgan fingerprint density at radius 2 is 1.01 bits per heavy atom. The van der Waals surface area contributed by atoms with Crippen molar-refractivity contribution in [1.29, 1.82) is 0 Å². The van der Waals surface area contributed by atoms with E-state index in [0.29, 0.717) is 5.76 Å². The van der Waals surface area contributed by atoms with Gasteiger partial charge in [-0.1, -0.05) is 50.4 Å². The van der Waals surface area contributed by atoms with Crippen molar-refractivity contribution in [3.8, 4) is 24.7 Å². The van der Waals surface area contributed by atoms with Gasteiger partial charge in [0.1, 0.15) is 43.6 Å². The van der Waals surface area contributed by atoms with Gasteiger partial charge in [0, 0.05) is 12.8 Å². The van der Waals surface area contributed by atoms with E-state index in [9.17, 15) is 37.9 Å². The van der Waals surface area contributed by atoms with E-state index in [2.05, 4.69) is 50.6 Å². The second-order valence-corrected chi connectivity index (χ2v) is 22.3. The number of aliphatic hydroxyl groups excluding tert-OH is 2. The van der Waals surface area contributed by atoms with Crippen LogP contribution in [0.15, 0.2) is 39.9 Å². The summed E-state index contributed by atoms with van der Waals surface area (Å²) in [5, 5.41) is 18.5. The van der Waals surface area contributed by atoms with Crippen molar-refractivity contribution < 1.29 is 491 Å². The molecular formula is C55H70F2K8N10O17P2+10. The number of aryl methyl sites for hydroxylation is 2. The third-order valence-corrected chi connectivity index (χ3v) is 17.0. The van der Waals surface area contributed by atoms with Crippen LogP contribution in [0.2, 0.25) is 0 Å². The van der Waals surface area contributed by atoms with Crippen LogP contribution in [0.4, 0.5) is 25.2 Å². The molecule has 2 spiro atoms. The predicted molar refractivity (Wildman–Crippen MR) is 306 cm³/mol. The zero-order valence-corrected chi connectivity index (χ0v) is 84.9. The van der Waals surface area contributed by atoms with Gasteiger partial charge in [-0.05, 0) is 95.8 Å². The quantitative estimate of drug-likeness (QED) is 0.0221. The van der Waals surface area contributed by atoms with Gasteiger partial charge in [-0.15, -0.1) is 12.8 Å². The molecule has 8 atom stereocenters. The molecule has 0 aromatic carbocycles. The van der Waals surface area contributed by atoms with Crippen LogP contribution in [0.25, 0.3) is 22.3 Å². The molecule has 2 saturated heterocycles. The number of hydrogen-bond acceptors (Lipinski definition) is 25. The van der Waals surface area contributed by atoms with Gasteiger partial charge in [-0.25, -0.2) is 24.4 Å². The molecule has 39 heteroatoms. The molecule has 0 amide bonds. The number of anilines is 2. The Kier molecular flexibility index (Phi) is 47.7. The first-order valence-corrected chi connectivity index (χ1v) is 27.5. The number of hydrogen-bond donors (Lipinski definition) is 4. The summed E-state index contributed by atoms with van der Waals surface area (Å²) in [6.45, 7) is 1.20. The van der Waals surface area contributed by atoms with Crippen molar-refractivity contribution in [3.63, 3.8) is 0 Å². The number of halogens is 2. The molecule has 4 aliphatic carbocycles. The second-order valence-electron chi connectivity index (χ2n) is 22.3. The molecule has 6 aliphatic rings. The molecule has 6 fully saturated rings. The van der Waals surface area contributed by atoms with E-state index in [0.717, 1.165) is 51.4 Å². The fourth-order valence-electron chi connectivity index (χ4n) is 12.5. The summed E-state index contributed by atoms with van der Waals surface area (Å²) in [5.74, 6) is 2.52. The summed E-state index contributed by atoms with van der Waals surface area (Å²) in [6, 6.07) is 0. The van der Waals surface area contributed by atoms with Crippen molar-refractivity contribution in [2.75, 3.05) is 24.7 Å². The number of nitrogen functional groups attached to an aromatic ring is 2. The largest absolute Gasteiger partial charge is 1.00 e. The number of imidazole rings is 2. The fourth-order valence-corrected chi connectivity index (χ4v) is 12.5. The van der Waals surface area contributed by atoms with Crippen LogP contribution in [-0.2, 0) is 51.2 Å². The standard InChI is InChI=1S/C28H30FN5O9.C22H26FN5O4.C5H6O4.8K.2H3P/c1-3-28(13-39-25(36)38-12-17-15(2)40-26(37)41-17)18(42-23(35)16-10-27(11-16)7-5-4-6-8-27)9-19(43-28)34-14-31-20-21(30)32-24(29)33-22(20)34;1-2-22(11-29)14(31-19(30)13-9-21(10-13)6-4-3-5-7-21)8-15(32-22)28-12-25-16-17(24)26-20(23)27-18(16)28;1-3-4(2-6)9-5(7)8-3;;;;;;;;;;/h1,14,16,18-19H,4-13H2,2H3,(H2,30,32,33);1,12-15,29H,3-11H2,(H2,24,26,27);6H,2H2,1H3;;;;;;;;;2*1H3/q;;;8*+1;;/p+2/t18-,19+,28+;14-,15+,22+;;;;;;;;;;;/m00.........../s1. The number of carbonyl (C=O) groups excluding carboxylic acids is 3. The van der Waals surface area contributed by atoms with Crippen molar-refractivity contribution in [2.45, 2.75) is 166 Å². The van der Waals surface area contributed by atoms with Crippen molar-refractivity contribution in [1.82, 2.24) is 39.0 Å². The van der Waals surface area contributed by atoms with Gasteiger partial charge in [0.2, 0.25) is 5.60 Å². The van der Waals surface area contributed by atoms with E-state index < -0.39 is 91.6 Å². The smallest absolute Gasteiger partial charge is 0.458 e. The predicted octanol–water partition coefficient (Wildman–Crippen LogP) is -18.9. The van der Waals surface area contributed by atoms with Crippen LogP contribution in [0, 0.1) is 73.4 Å². The summed E-state index contributed by atoms with van der Waals surface area (Å²) in [4.78, 5) is 82.9. The molecule has 2 aliphatic heterocycles. The summed E-state index contributed by atoms with van der Waals surface area (Å²) in [7, 11) is 0. The Balaban J connectivity index is 0.00000151. The van der Waals surface area contributed by atoms with E-state index in [1.165, 1.54) is 67.2 Å². The molecule has 0 bridgehead atoms. The molecule has 2 unspecified atom stereocenters. The zero-order chi connectivity index (χ0) is 59.7. The summed E-state index contributed by atoms with van der Waals surface area (Å²) < 4.78 is 83.2. The number of terminal acetylenes is 2. The number of aliphatic hydroxyl groups is 2. The van der Waals surface area contributed by atoms with Crippen LogP contribution in [-0.4, -0.2) is 104 Å². The van der Waals surface area contributed by atoms with Crippen LogP contribution in [0.5, 0.6) is 0 Å². The molecule has 94 heavy (non-hydrogen) atoms. The van der Waals surface area contributed by atoms with Crippen LogP contribution in [0.1, 0.15) is 138 Å². The Morgan fingerprint density at radius 3 is 1.37 bits per heavy atom.